The minimum Gasteiger partial charge on any atom is -0.491 e. The maximum Gasteiger partial charge on any atom is 0.240 e. The lowest BCUT2D eigenvalue weighted by Gasteiger charge is -2.11. The molecule has 26 heavy (non-hydrogen) atoms. The number of H-pyrrole nitrogens is 1. The van der Waals surface area contributed by atoms with Crippen LogP contribution in [-0.4, -0.2) is 33.8 Å². The molecule has 0 saturated carbocycles. The number of amides is 1. The highest BCUT2D eigenvalue weighted by atomic mass is 32.1. The van der Waals surface area contributed by atoms with Crippen LogP contribution in [0.15, 0.2) is 35.7 Å². The van der Waals surface area contributed by atoms with Gasteiger partial charge < -0.3 is 10.1 Å². The molecule has 6 nitrogen and oxygen atoms in total. The van der Waals surface area contributed by atoms with Crippen molar-refractivity contribution in [3.63, 3.8) is 0 Å². The van der Waals surface area contributed by atoms with E-state index in [2.05, 4.69) is 21.6 Å². The monoisotopic (exact) mass is 388 g/mol. The molecule has 0 fully saturated rings. The van der Waals surface area contributed by atoms with Crippen LogP contribution >= 0.6 is 23.6 Å². The molecule has 8 heteroatoms. The zero-order valence-electron chi connectivity index (χ0n) is 14.6. The lowest BCUT2D eigenvalue weighted by molar-refractivity contribution is -0.121. The molecule has 0 aliphatic heterocycles. The summed E-state index contributed by atoms with van der Waals surface area (Å²) in [4.78, 5) is 13.2. The maximum absolute atomic E-state index is 12.2. The third kappa shape index (κ3) is 4.39. The van der Waals surface area contributed by atoms with Crippen molar-refractivity contribution < 1.29 is 9.53 Å². The molecule has 2 N–H and O–H groups in total. The molecule has 0 spiro atoms. The van der Waals surface area contributed by atoms with Crippen molar-refractivity contribution in [2.75, 3.05) is 13.2 Å². The van der Waals surface area contributed by atoms with Crippen LogP contribution in [0.2, 0.25) is 0 Å². The SMILES string of the molecule is Cc1ccc(OCCNC(=O)Cn2c(-c3cccs3)n[nH]c2=S)c(C)c1. The van der Waals surface area contributed by atoms with Crippen LogP contribution in [0.1, 0.15) is 11.1 Å². The number of rotatable bonds is 7. The smallest absolute Gasteiger partial charge is 0.240 e. The molecular weight excluding hydrogens is 368 g/mol. The van der Waals surface area contributed by atoms with Crippen LogP contribution in [0.3, 0.4) is 0 Å². The van der Waals surface area contributed by atoms with E-state index < -0.39 is 0 Å². The van der Waals surface area contributed by atoms with Gasteiger partial charge in [0.2, 0.25) is 5.91 Å². The molecule has 3 aromatic rings. The molecule has 0 atom stereocenters. The number of hydrogen-bond donors (Lipinski definition) is 2. The molecule has 0 radical (unpaired) electrons. The van der Waals surface area contributed by atoms with E-state index in [0.717, 1.165) is 16.2 Å². The average Bonchev–Trinajstić information content (AvgIpc) is 3.24. The molecule has 0 unspecified atom stereocenters. The van der Waals surface area contributed by atoms with Crippen molar-refractivity contribution in [2.45, 2.75) is 20.4 Å². The highest BCUT2D eigenvalue weighted by Gasteiger charge is 2.12. The van der Waals surface area contributed by atoms with Gasteiger partial charge in [0.25, 0.3) is 0 Å². The summed E-state index contributed by atoms with van der Waals surface area (Å²) in [6.45, 7) is 5.00. The summed E-state index contributed by atoms with van der Waals surface area (Å²) >= 11 is 6.78. The third-order valence-corrected chi connectivity index (χ3v) is 4.99. The maximum atomic E-state index is 12.2. The summed E-state index contributed by atoms with van der Waals surface area (Å²) in [7, 11) is 0. The fraction of sp³-hybridized carbons (Fsp3) is 0.278. The fourth-order valence-corrected chi connectivity index (χ4v) is 3.49. The van der Waals surface area contributed by atoms with Crippen LogP contribution < -0.4 is 10.1 Å². The van der Waals surface area contributed by atoms with Gasteiger partial charge in [-0.2, -0.15) is 5.10 Å². The fourth-order valence-electron chi connectivity index (χ4n) is 2.57. The van der Waals surface area contributed by atoms with Crippen molar-refractivity contribution in [1.29, 1.82) is 0 Å². The topological polar surface area (TPSA) is 71.9 Å². The lowest BCUT2D eigenvalue weighted by atomic mass is 10.1. The van der Waals surface area contributed by atoms with Crippen LogP contribution in [0.25, 0.3) is 10.7 Å². The van der Waals surface area contributed by atoms with E-state index in [9.17, 15) is 4.79 Å². The van der Waals surface area contributed by atoms with Gasteiger partial charge in [-0.1, -0.05) is 23.8 Å². The first-order valence-electron chi connectivity index (χ1n) is 8.20. The van der Waals surface area contributed by atoms with Crippen molar-refractivity contribution in [1.82, 2.24) is 20.1 Å². The van der Waals surface area contributed by atoms with Gasteiger partial charge in [-0.15, -0.1) is 11.3 Å². The number of nitrogens with zero attached hydrogens (tertiary/aromatic N) is 2. The molecule has 0 aliphatic rings. The summed E-state index contributed by atoms with van der Waals surface area (Å²) in [6.07, 6.45) is 0. The van der Waals surface area contributed by atoms with E-state index in [-0.39, 0.29) is 12.5 Å². The van der Waals surface area contributed by atoms with E-state index in [1.54, 1.807) is 15.9 Å². The predicted molar refractivity (Wildman–Crippen MR) is 105 cm³/mol. The first-order chi connectivity index (χ1) is 12.5. The molecular formula is C18H20N4O2S2. The van der Waals surface area contributed by atoms with Crippen molar-refractivity contribution in [2.24, 2.45) is 0 Å². The summed E-state index contributed by atoms with van der Waals surface area (Å²) in [5, 5.41) is 11.8. The standard InChI is InChI=1S/C18H20N4O2S2/c1-12-5-6-14(13(2)10-12)24-8-7-19-16(23)11-22-17(20-21-18(22)25)15-4-3-9-26-15/h3-6,9-10H,7-8,11H2,1-2H3,(H,19,23)(H,21,25). The second-order valence-electron chi connectivity index (χ2n) is 5.88. The molecule has 2 aromatic heterocycles. The van der Waals surface area contributed by atoms with Crippen LogP contribution in [0, 0.1) is 18.6 Å². The van der Waals surface area contributed by atoms with Gasteiger partial charge in [-0.05, 0) is 49.1 Å². The molecule has 3 rings (SSSR count). The minimum absolute atomic E-state index is 0.117. The second-order valence-corrected chi connectivity index (χ2v) is 7.22. The zero-order chi connectivity index (χ0) is 18.5. The van der Waals surface area contributed by atoms with Gasteiger partial charge in [0.1, 0.15) is 18.9 Å². The molecule has 1 amide bonds. The van der Waals surface area contributed by atoms with Crippen LogP contribution in [-0.2, 0) is 11.3 Å². The third-order valence-electron chi connectivity index (χ3n) is 3.81. The van der Waals surface area contributed by atoms with Gasteiger partial charge in [0.15, 0.2) is 10.6 Å². The number of nitrogens with one attached hydrogen (secondary N) is 2. The van der Waals surface area contributed by atoms with Crippen molar-refractivity contribution >= 4 is 29.5 Å². The Bertz CT molecular complexity index is 945. The summed E-state index contributed by atoms with van der Waals surface area (Å²) < 4.78 is 7.85. The Kier molecular flexibility index (Phi) is 5.85. The van der Waals surface area contributed by atoms with Crippen LogP contribution in [0.5, 0.6) is 5.75 Å². The number of carbonyl (C=O) groups is 1. The molecule has 0 saturated heterocycles. The second kappa shape index (κ2) is 8.29. The minimum atomic E-state index is -0.135. The number of aromatic nitrogens is 3. The van der Waals surface area contributed by atoms with E-state index in [0.29, 0.717) is 23.7 Å². The normalized spacial score (nSPS) is 10.7. The van der Waals surface area contributed by atoms with Gasteiger partial charge in [0, 0.05) is 0 Å². The van der Waals surface area contributed by atoms with E-state index in [1.807, 2.05) is 43.5 Å². The average molecular weight is 389 g/mol. The van der Waals surface area contributed by atoms with E-state index >= 15 is 0 Å². The number of benzene rings is 1. The Balaban J connectivity index is 1.52. The van der Waals surface area contributed by atoms with Gasteiger partial charge in [-0.25, -0.2) is 0 Å². The molecule has 1 aromatic carbocycles. The number of ether oxygens (including phenoxy) is 1. The molecule has 136 valence electrons. The highest BCUT2D eigenvalue weighted by molar-refractivity contribution is 7.71. The molecule has 2 heterocycles. The van der Waals surface area contributed by atoms with Crippen molar-refractivity contribution in [3.8, 4) is 16.5 Å². The van der Waals surface area contributed by atoms with Gasteiger partial charge in [-0.3, -0.25) is 14.5 Å². The first kappa shape index (κ1) is 18.3. The Morgan fingerprint density at radius 2 is 2.23 bits per heavy atom. The number of aryl methyl sites for hydroxylation is 2. The summed E-state index contributed by atoms with van der Waals surface area (Å²) in [5.41, 5.74) is 2.28. The van der Waals surface area contributed by atoms with E-state index in [4.69, 9.17) is 17.0 Å². The Hall–Kier alpha value is -2.45. The number of aromatic amines is 1. The molecule has 0 aliphatic carbocycles. The van der Waals surface area contributed by atoms with E-state index in [1.165, 1.54) is 5.56 Å². The summed E-state index contributed by atoms with van der Waals surface area (Å²) in [6, 6.07) is 9.91. The van der Waals surface area contributed by atoms with Gasteiger partial charge >= 0.3 is 0 Å². The Morgan fingerprint density at radius 3 is 2.96 bits per heavy atom. The van der Waals surface area contributed by atoms with Gasteiger partial charge in [0.05, 0.1) is 11.4 Å². The Labute approximate surface area is 160 Å². The first-order valence-corrected chi connectivity index (χ1v) is 9.49. The Morgan fingerprint density at radius 1 is 1.38 bits per heavy atom. The zero-order valence-corrected chi connectivity index (χ0v) is 16.2. The van der Waals surface area contributed by atoms with Crippen molar-refractivity contribution in [3.05, 3.63) is 51.6 Å². The number of thiophene rings is 1. The largest absolute Gasteiger partial charge is 0.491 e. The molecule has 0 bridgehead atoms. The lowest BCUT2D eigenvalue weighted by Crippen LogP contribution is -2.31. The van der Waals surface area contributed by atoms with Crippen LogP contribution in [0.4, 0.5) is 0 Å². The highest BCUT2D eigenvalue weighted by Crippen LogP contribution is 2.22. The summed E-state index contributed by atoms with van der Waals surface area (Å²) in [5.74, 6) is 1.37. The number of carbonyl (C=O) groups excluding carboxylic acids is 1. The quantitative estimate of drug-likeness (QED) is 0.480. The number of hydrogen-bond acceptors (Lipinski definition) is 5. The predicted octanol–water partition coefficient (Wildman–Crippen LogP) is 3.48.